The lowest BCUT2D eigenvalue weighted by Crippen LogP contribution is -2.29. The minimum Gasteiger partial charge on any atom is -0.271 e. The number of hydrazine groups is 1. The molecular weight excluding hydrogens is 402 g/mol. The highest BCUT2D eigenvalue weighted by Crippen LogP contribution is 2.36. The second-order valence-electron chi connectivity index (χ2n) is 3.96. The van der Waals surface area contributed by atoms with Crippen LogP contribution in [0.25, 0.3) is 0 Å². The summed E-state index contributed by atoms with van der Waals surface area (Å²) in [5.74, 6) is 4.20. The summed E-state index contributed by atoms with van der Waals surface area (Å²) in [5, 5.41) is 0. The summed E-state index contributed by atoms with van der Waals surface area (Å²) in [6.45, 7) is 1.91. The maximum Gasteiger partial charge on any atom is 0.145 e. The molecule has 0 saturated carbocycles. The molecule has 0 radical (unpaired) electrons. The molecule has 3 N–H and O–H groups in total. The van der Waals surface area contributed by atoms with E-state index in [1.54, 1.807) is 0 Å². The summed E-state index contributed by atoms with van der Waals surface area (Å²) in [6.07, 6.45) is 0. The van der Waals surface area contributed by atoms with Crippen molar-refractivity contribution in [3.05, 3.63) is 54.1 Å². The number of rotatable bonds is 3. The lowest BCUT2D eigenvalue weighted by molar-refractivity contribution is 0.510. The fraction of sp³-hybridized carbons (Fsp3) is 0.167. The van der Waals surface area contributed by atoms with Crippen molar-refractivity contribution in [1.82, 2.24) is 5.43 Å². The van der Waals surface area contributed by atoms with Gasteiger partial charge in [-0.05, 0) is 62.5 Å². The van der Waals surface area contributed by atoms with Crippen molar-refractivity contribution in [2.24, 2.45) is 5.84 Å². The van der Waals surface area contributed by atoms with E-state index in [1.807, 2.05) is 13.0 Å². The van der Waals surface area contributed by atoms with Gasteiger partial charge in [-0.25, -0.2) is 14.2 Å². The lowest BCUT2D eigenvalue weighted by Gasteiger charge is -2.17. The van der Waals surface area contributed by atoms with Crippen molar-refractivity contribution >= 4 is 43.2 Å². The maximum atomic E-state index is 14.1. The molecule has 7 heteroatoms. The van der Waals surface area contributed by atoms with E-state index in [0.717, 1.165) is 14.2 Å². The van der Waals surface area contributed by atoms with E-state index in [-0.39, 0.29) is 10.0 Å². The Bertz CT molecular complexity index is 597. The van der Waals surface area contributed by atoms with Crippen LogP contribution in [0.15, 0.2) is 26.5 Å². The molecule has 1 unspecified atom stereocenters. The van der Waals surface area contributed by atoms with Crippen molar-refractivity contribution in [3.63, 3.8) is 0 Å². The van der Waals surface area contributed by atoms with Crippen molar-refractivity contribution in [3.8, 4) is 0 Å². The molecule has 1 aromatic heterocycles. The quantitative estimate of drug-likeness (QED) is 0.446. The zero-order valence-corrected chi connectivity index (χ0v) is 13.8. The monoisotopic (exact) mass is 410 g/mol. The highest BCUT2D eigenvalue weighted by Gasteiger charge is 2.24. The Labute approximate surface area is 130 Å². The van der Waals surface area contributed by atoms with Crippen molar-refractivity contribution in [1.29, 1.82) is 0 Å². The predicted octanol–water partition coefficient (Wildman–Crippen LogP) is 4.41. The lowest BCUT2D eigenvalue weighted by atomic mass is 10.0. The molecule has 1 aromatic carbocycles. The Kier molecular flexibility index (Phi) is 4.73. The average Bonchev–Trinajstić information content (AvgIpc) is 2.70. The summed E-state index contributed by atoms with van der Waals surface area (Å²) in [7, 11) is 0. The van der Waals surface area contributed by atoms with Crippen LogP contribution in [0.2, 0.25) is 0 Å². The van der Waals surface area contributed by atoms with E-state index in [4.69, 9.17) is 5.84 Å². The Morgan fingerprint density at radius 1 is 1.32 bits per heavy atom. The topological polar surface area (TPSA) is 38.0 Å². The summed E-state index contributed by atoms with van der Waals surface area (Å²) in [5.41, 5.74) is 3.38. The standard InChI is InChI=1S/C12H10Br2F2N2S/c1-5-4-8(19-12(5)14)11(18-17)9-7(15)3-2-6(13)10(9)16/h2-4,11,18H,17H2,1H3. The number of hydrogen-bond acceptors (Lipinski definition) is 3. The van der Waals surface area contributed by atoms with E-state index >= 15 is 0 Å². The van der Waals surface area contributed by atoms with Gasteiger partial charge in [0.2, 0.25) is 0 Å². The zero-order chi connectivity index (χ0) is 14.2. The van der Waals surface area contributed by atoms with Crippen LogP contribution in [-0.2, 0) is 0 Å². The molecule has 0 aliphatic carbocycles. The zero-order valence-electron chi connectivity index (χ0n) is 9.81. The molecule has 2 nitrogen and oxygen atoms in total. The van der Waals surface area contributed by atoms with Crippen LogP contribution in [0, 0.1) is 18.6 Å². The van der Waals surface area contributed by atoms with Gasteiger partial charge in [-0.2, -0.15) is 0 Å². The fourth-order valence-corrected chi connectivity index (χ4v) is 3.73. The minimum atomic E-state index is -0.729. The Morgan fingerprint density at radius 2 is 2.00 bits per heavy atom. The molecule has 102 valence electrons. The molecule has 0 aliphatic heterocycles. The van der Waals surface area contributed by atoms with Crippen LogP contribution in [0.5, 0.6) is 0 Å². The number of nitrogens with one attached hydrogen (secondary N) is 1. The first-order chi connectivity index (χ1) is 8.95. The van der Waals surface area contributed by atoms with Gasteiger partial charge in [0, 0.05) is 10.4 Å². The SMILES string of the molecule is Cc1cc(C(NN)c2c(F)ccc(Br)c2F)sc1Br. The Morgan fingerprint density at radius 3 is 2.53 bits per heavy atom. The molecule has 2 aromatic rings. The molecule has 0 fully saturated rings. The van der Waals surface area contributed by atoms with Crippen LogP contribution in [-0.4, -0.2) is 0 Å². The number of halogens is 4. The van der Waals surface area contributed by atoms with Gasteiger partial charge in [0.1, 0.15) is 11.6 Å². The highest BCUT2D eigenvalue weighted by atomic mass is 79.9. The van der Waals surface area contributed by atoms with Crippen LogP contribution in [0.3, 0.4) is 0 Å². The second-order valence-corrected chi connectivity index (χ2v) is 7.22. The number of thiophene rings is 1. The Hall–Kier alpha value is -0.340. The van der Waals surface area contributed by atoms with Gasteiger partial charge in [-0.1, -0.05) is 0 Å². The van der Waals surface area contributed by atoms with Crippen molar-refractivity contribution in [2.45, 2.75) is 13.0 Å². The number of hydrogen-bond donors (Lipinski definition) is 2. The smallest absolute Gasteiger partial charge is 0.145 e. The second kappa shape index (κ2) is 5.97. The average molecular weight is 412 g/mol. The summed E-state index contributed by atoms with van der Waals surface area (Å²) in [4.78, 5) is 0.739. The van der Waals surface area contributed by atoms with E-state index in [0.29, 0.717) is 0 Å². The molecule has 2 rings (SSSR count). The molecule has 0 spiro atoms. The molecule has 0 amide bonds. The molecule has 0 saturated heterocycles. The van der Waals surface area contributed by atoms with Gasteiger partial charge in [0.25, 0.3) is 0 Å². The first-order valence-corrected chi connectivity index (χ1v) is 7.71. The molecule has 0 bridgehead atoms. The van der Waals surface area contributed by atoms with E-state index < -0.39 is 17.7 Å². The van der Waals surface area contributed by atoms with Gasteiger partial charge in [-0.3, -0.25) is 5.84 Å². The van der Waals surface area contributed by atoms with Gasteiger partial charge in [-0.15, -0.1) is 11.3 Å². The molecular formula is C12H10Br2F2N2S. The van der Waals surface area contributed by atoms with E-state index in [9.17, 15) is 8.78 Å². The highest BCUT2D eigenvalue weighted by molar-refractivity contribution is 9.11. The Balaban J connectivity index is 2.57. The van der Waals surface area contributed by atoms with Gasteiger partial charge >= 0.3 is 0 Å². The van der Waals surface area contributed by atoms with Crippen molar-refractivity contribution in [2.75, 3.05) is 0 Å². The number of benzene rings is 1. The number of aryl methyl sites for hydroxylation is 1. The van der Waals surface area contributed by atoms with Crippen molar-refractivity contribution < 1.29 is 8.78 Å². The van der Waals surface area contributed by atoms with Gasteiger partial charge < -0.3 is 0 Å². The summed E-state index contributed by atoms with van der Waals surface area (Å²) >= 11 is 7.84. The molecule has 1 heterocycles. The molecule has 19 heavy (non-hydrogen) atoms. The molecule has 0 aliphatic rings. The largest absolute Gasteiger partial charge is 0.271 e. The van der Waals surface area contributed by atoms with Crippen LogP contribution >= 0.6 is 43.2 Å². The van der Waals surface area contributed by atoms with Crippen LogP contribution in [0.4, 0.5) is 8.78 Å². The third-order valence-electron chi connectivity index (χ3n) is 2.70. The van der Waals surface area contributed by atoms with Crippen LogP contribution < -0.4 is 11.3 Å². The third-order valence-corrected chi connectivity index (χ3v) is 5.51. The third kappa shape index (κ3) is 2.90. The van der Waals surface area contributed by atoms with E-state index in [2.05, 4.69) is 37.3 Å². The maximum absolute atomic E-state index is 14.1. The minimum absolute atomic E-state index is 0.0920. The summed E-state index contributed by atoms with van der Waals surface area (Å²) in [6, 6.07) is 3.66. The first kappa shape index (κ1) is 15.1. The molecule has 1 atom stereocenters. The normalized spacial score (nSPS) is 12.7. The van der Waals surface area contributed by atoms with Gasteiger partial charge in [0.05, 0.1) is 14.3 Å². The van der Waals surface area contributed by atoms with E-state index in [1.165, 1.54) is 23.5 Å². The first-order valence-electron chi connectivity index (χ1n) is 5.31. The fourth-order valence-electron chi connectivity index (χ4n) is 1.74. The number of nitrogens with two attached hydrogens (primary N) is 1. The van der Waals surface area contributed by atoms with Crippen LogP contribution in [0.1, 0.15) is 22.0 Å². The summed E-state index contributed by atoms with van der Waals surface area (Å²) < 4.78 is 29.1. The predicted molar refractivity (Wildman–Crippen MR) is 80.0 cm³/mol. The van der Waals surface area contributed by atoms with Gasteiger partial charge in [0.15, 0.2) is 0 Å².